The summed E-state index contributed by atoms with van der Waals surface area (Å²) in [7, 11) is 0. The average Bonchev–Trinajstić information content (AvgIpc) is 2.79. The number of likely N-dealkylation sites (tertiary alicyclic amines) is 2. The lowest BCUT2D eigenvalue weighted by Gasteiger charge is -2.42. The second kappa shape index (κ2) is 9.28. The van der Waals surface area contributed by atoms with E-state index in [1.807, 2.05) is 4.90 Å². The van der Waals surface area contributed by atoms with Crippen LogP contribution in [0.3, 0.4) is 0 Å². The number of rotatable bonds is 5. The van der Waals surface area contributed by atoms with Crippen LogP contribution >= 0.6 is 0 Å². The normalized spacial score (nSPS) is 21.6. The zero-order valence-corrected chi connectivity index (χ0v) is 16.5. The largest absolute Gasteiger partial charge is 0.337 e. The predicted molar refractivity (Wildman–Crippen MR) is 110 cm³/mol. The van der Waals surface area contributed by atoms with Gasteiger partial charge < -0.3 is 4.90 Å². The summed E-state index contributed by atoms with van der Waals surface area (Å²) in [5, 5.41) is 0. The van der Waals surface area contributed by atoms with Crippen LogP contribution in [0, 0.1) is 5.92 Å². The van der Waals surface area contributed by atoms with E-state index < -0.39 is 0 Å². The van der Waals surface area contributed by atoms with Gasteiger partial charge >= 0.3 is 0 Å². The van der Waals surface area contributed by atoms with Gasteiger partial charge in [0.05, 0.1) is 6.20 Å². The number of hydrogen-bond donors (Lipinski definition) is 0. The van der Waals surface area contributed by atoms with Crippen molar-refractivity contribution in [3.63, 3.8) is 0 Å². The highest BCUT2D eigenvalue weighted by Gasteiger charge is 2.30. The molecule has 0 N–H and O–H groups in total. The fourth-order valence-corrected chi connectivity index (χ4v) is 4.69. The molecule has 4 rings (SSSR count). The SMILES string of the molecule is O=C(c1cnccn1)N1CCC(N2CCC[C@@H](CCc3ccccc3)C2)CC1. The molecule has 2 saturated heterocycles. The van der Waals surface area contributed by atoms with Crippen molar-refractivity contribution in [2.45, 2.75) is 44.6 Å². The van der Waals surface area contributed by atoms with Gasteiger partial charge in [-0.3, -0.25) is 14.7 Å². The molecule has 1 aromatic heterocycles. The standard InChI is InChI=1S/C23H30N4O/c28-23(22-17-24-12-13-25-22)26-15-10-21(11-16-26)27-14-4-7-20(18-27)9-8-19-5-2-1-3-6-19/h1-3,5-6,12-13,17,20-21H,4,7-11,14-16,18H2/t20-/m0/s1. The summed E-state index contributed by atoms with van der Waals surface area (Å²) in [6, 6.07) is 11.5. The number of piperidine rings is 2. The van der Waals surface area contributed by atoms with E-state index in [1.54, 1.807) is 18.6 Å². The summed E-state index contributed by atoms with van der Waals surface area (Å²) in [6.45, 7) is 4.08. The van der Waals surface area contributed by atoms with E-state index in [-0.39, 0.29) is 5.91 Å². The maximum absolute atomic E-state index is 12.6. The summed E-state index contributed by atoms with van der Waals surface area (Å²) in [6.07, 6.45) is 12.0. The van der Waals surface area contributed by atoms with Crippen molar-refractivity contribution >= 4 is 5.91 Å². The summed E-state index contributed by atoms with van der Waals surface area (Å²) in [5.74, 6) is 0.819. The molecule has 1 amide bonds. The van der Waals surface area contributed by atoms with Crippen molar-refractivity contribution in [2.24, 2.45) is 5.92 Å². The lowest BCUT2D eigenvalue weighted by Crippen LogP contribution is -2.49. The number of carbonyl (C=O) groups excluding carboxylic acids is 1. The average molecular weight is 379 g/mol. The van der Waals surface area contributed by atoms with Gasteiger partial charge in [-0.1, -0.05) is 30.3 Å². The van der Waals surface area contributed by atoms with Crippen molar-refractivity contribution in [1.82, 2.24) is 19.8 Å². The zero-order chi connectivity index (χ0) is 19.2. The number of hydrogen-bond acceptors (Lipinski definition) is 4. The number of nitrogens with zero attached hydrogens (tertiary/aromatic N) is 4. The summed E-state index contributed by atoms with van der Waals surface area (Å²) >= 11 is 0. The number of carbonyl (C=O) groups is 1. The van der Waals surface area contributed by atoms with E-state index >= 15 is 0 Å². The van der Waals surface area contributed by atoms with Gasteiger partial charge in [0.1, 0.15) is 5.69 Å². The Bertz CT molecular complexity index is 744. The first-order valence-electron chi connectivity index (χ1n) is 10.6. The van der Waals surface area contributed by atoms with Gasteiger partial charge in [-0.25, -0.2) is 4.98 Å². The number of aryl methyl sites for hydroxylation is 1. The minimum Gasteiger partial charge on any atom is -0.337 e. The molecule has 28 heavy (non-hydrogen) atoms. The summed E-state index contributed by atoms with van der Waals surface area (Å²) in [5.41, 5.74) is 1.91. The van der Waals surface area contributed by atoms with Crippen LogP contribution in [0.2, 0.25) is 0 Å². The van der Waals surface area contributed by atoms with Gasteiger partial charge in [0, 0.05) is 38.1 Å². The summed E-state index contributed by atoms with van der Waals surface area (Å²) in [4.78, 5) is 25.4. The van der Waals surface area contributed by atoms with E-state index in [2.05, 4.69) is 45.2 Å². The molecule has 0 radical (unpaired) electrons. The van der Waals surface area contributed by atoms with Gasteiger partial charge in [-0.15, -0.1) is 0 Å². The molecule has 3 heterocycles. The van der Waals surface area contributed by atoms with E-state index in [0.29, 0.717) is 11.7 Å². The fraction of sp³-hybridized carbons (Fsp3) is 0.522. The Morgan fingerprint density at radius 1 is 1.04 bits per heavy atom. The maximum atomic E-state index is 12.6. The van der Waals surface area contributed by atoms with Crippen LogP contribution in [-0.4, -0.2) is 57.9 Å². The van der Waals surface area contributed by atoms with Crippen LogP contribution in [0.25, 0.3) is 0 Å². The van der Waals surface area contributed by atoms with E-state index in [9.17, 15) is 4.79 Å². The van der Waals surface area contributed by atoms with Crippen molar-refractivity contribution in [2.75, 3.05) is 26.2 Å². The highest BCUT2D eigenvalue weighted by molar-refractivity contribution is 5.92. The van der Waals surface area contributed by atoms with Crippen LogP contribution in [0.5, 0.6) is 0 Å². The summed E-state index contributed by atoms with van der Waals surface area (Å²) < 4.78 is 0. The first kappa shape index (κ1) is 19.1. The number of benzene rings is 1. The van der Waals surface area contributed by atoms with Gasteiger partial charge in [-0.05, 0) is 56.6 Å². The van der Waals surface area contributed by atoms with Crippen LogP contribution in [-0.2, 0) is 6.42 Å². The highest BCUT2D eigenvalue weighted by atomic mass is 16.2. The molecule has 5 nitrogen and oxygen atoms in total. The lowest BCUT2D eigenvalue weighted by molar-refractivity contribution is 0.0517. The lowest BCUT2D eigenvalue weighted by atomic mass is 9.89. The molecule has 2 aliphatic rings. The van der Waals surface area contributed by atoms with Gasteiger partial charge in [0.2, 0.25) is 0 Å². The molecule has 0 aliphatic carbocycles. The van der Waals surface area contributed by atoms with Crippen LogP contribution in [0.1, 0.15) is 48.2 Å². The fourth-order valence-electron chi connectivity index (χ4n) is 4.69. The Hall–Kier alpha value is -2.27. The maximum Gasteiger partial charge on any atom is 0.274 e. The van der Waals surface area contributed by atoms with E-state index in [0.717, 1.165) is 31.8 Å². The van der Waals surface area contributed by atoms with Gasteiger partial charge in [0.15, 0.2) is 0 Å². The van der Waals surface area contributed by atoms with Gasteiger partial charge in [0.25, 0.3) is 5.91 Å². The first-order valence-corrected chi connectivity index (χ1v) is 10.6. The van der Waals surface area contributed by atoms with Crippen molar-refractivity contribution in [3.8, 4) is 0 Å². The second-order valence-electron chi connectivity index (χ2n) is 8.14. The zero-order valence-electron chi connectivity index (χ0n) is 16.5. The topological polar surface area (TPSA) is 49.3 Å². The second-order valence-corrected chi connectivity index (χ2v) is 8.14. The first-order chi connectivity index (χ1) is 13.8. The third-order valence-corrected chi connectivity index (χ3v) is 6.28. The number of amides is 1. The molecular weight excluding hydrogens is 348 g/mol. The number of aromatic nitrogens is 2. The molecule has 148 valence electrons. The Labute approximate surface area is 167 Å². The minimum absolute atomic E-state index is 0.0194. The van der Waals surface area contributed by atoms with Gasteiger partial charge in [-0.2, -0.15) is 0 Å². The molecule has 2 fully saturated rings. The Kier molecular flexibility index (Phi) is 6.32. The third-order valence-electron chi connectivity index (χ3n) is 6.28. The monoisotopic (exact) mass is 378 g/mol. The van der Waals surface area contributed by atoms with E-state index in [4.69, 9.17) is 0 Å². The van der Waals surface area contributed by atoms with Crippen LogP contribution in [0.4, 0.5) is 0 Å². The molecule has 1 atom stereocenters. The van der Waals surface area contributed by atoms with Crippen LogP contribution in [0.15, 0.2) is 48.9 Å². The molecule has 2 aliphatic heterocycles. The van der Waals surface area contributed by atoms with Crippen molar-refractivity contribution in [1.29, 1.82) is 0 Å². The molecular formula is C23H30N4O. The quantitative estimate of drug-likeness (QED) is 0.800. The smallest absolute Gasteiger partial charge is 0.274 e. The molecule has 0 spiro atoms. The molecule has 0 unspecified atom stereocenters. The van der Waals surface area contributed by atoms with E-state index in [1.165, 1.54) is 44.3 Å². The molecule has 5 heteroatoms. The van der Waals surface area contributed by atoms with Crippen LogP contribution < -0.4 is 0 Å². The molecule has 0 bridgehead atoms. The Balaban J connectivity index is 1.25. The van der Waals surface area contributed by atoms with Crippen molar-refractivity contribution in [3.05, 3.63) is 60.2 Å². The van der Waals surface area contributed by atoms with Crippen molar-refractivity contribution < 1.29 is 4.79 Å². The molecule has 2 aromatic rings. The highest BCUT2D eigenvalue weighted by Crippen LogP contribution is 2.26. The predicted octanol–water partition coefficient (Wildman–Crippen LogP) is 3.43. The Morgan fingerprint density at radius 3 is 2.61 bits per heavy atom. The molecule has 0 saturated carbocycles. The third kappa shape index (κ3) is 4.76. The minimum atomic E-state index is 0.0194. The Morgan fingerprint density at radius 2 is 1.86 bits per heavy atom. The molecule has 1 aromatic carbocycles.